The van der Waals surface area contributed by atoms with Gasteiger partial charge < -0.3 is 30.6 Å². The number of carbonyl (C=O) groups is 1. The van der Waals surface area contributed by atoms with Gasteiger partial charge in [0.2, 0.25) is 0 Å². The number of H-pyrrole nitrogens is 1. The number of imidazole rings is 1. The lowest BCUT2D eigenvalue weighted by Gasteiger charge is -2.16. The molecule has 0 aromatic carbocycles. The Morgan fingerprint density at radius 2 is 2.22 bits per heavy atom. The minimum atomic E-state index is -1.26. The first kappa shape index (κ1) is 15.4. The molecule has 23 heavy (non-hydrogen) atoms. The molecule has 11 nitrogen and oxygen atoms in total. The molecule has 3 heterocycles. The maximum Gasteiger partial charge on any atom is 0.314 e. The first-order chi connectivity index (χ1) is 11.0. The van der Waals surface area contributed by atoms with Gasteiger partial charge in [-0.15, -0.1) is 0 Å². The number of fused-ring (bicyclic) bond motifs is 1. The summed E-state index contributed by atoms with van der Waals surface area (Å²) in [6.07, 6.45) is -1.73. The van der Waals surface area contributed by atoms with Crippen LogP contribution in [0.4, 0.5) is 4.79 Å². The van der Waals surface area contributed by atoms with Crippen LogP contribution in [-0.4, -0.2) is 67.7 Å². The lowest BCUT2D eigenvalue weighted by atomic mass is 10.1. The van der Waals surface area contributed by atoms with Gasteiger partial charge in [0.15, 0.2) is 17.4 Å². The Kier molecular flexibility index (Phi) is 3.98. The molecular formula is C12H16N6O5. The average molecular weight is 324 g/mol. The van der Waals surface area contributed by atoms with Crippen molar-refractivity contribution in [2.75, 3.05) is 13.6 Å². The maximum absolute atomic E-state index is 11.6. The Balaban J connectivity index is 1.84. The summed E-state index contributed by atoms with van der Waals surface area (Å²) in [6, 6.07) is -0.431. The fraction of sp³-hybridized carbons (Fsp3) is 0.500. The number of carbonyl (C=O) groups excluding carboxylic acids is 1. The zero-order chi connectivity index (χ0) is 16.6. The van der Waals surface area contributed by atoms with Crippen molar-refractivity contribution in [2.24, 2.45) is 0 Å². The van der Waals surface area contributed by atoms with E-state index in [-0.39, 0.29) is 17.7 Å². The second-order valence-corrected chi connectivity index (χ2v) is 5.06. The van der Waals surface area contributed by atoms with Crippen molar-refractivity contribution in [3.63, 3.8) is 0 Å². The molecule has 5 N–H and O–H groups in total. The SMILES string of the molecule is CNC(=O)NC[C@H]1O[C@@H](n2cnc3c(=O)[nH]cnc32)[C@H](O)[C@@H]1O. The van der Waals surface area contributed by atoms with Crippen LogP contribution in [0.25, 0.3) is 11.2 Å². The predicted molar refractivity (Wildman–Crippen MR) is 76.5 cm³/mol. The Morgan fingerprint density at radius 1 is 1.43 bits per heavy atom. The van der Waals surface area contributed by atoms with Gasteiger partial charge >= 0.3 is 6.03 Å². The number of hydrogen-bond donors (Lipinski definition) is 5. The first-order valence-corrected chi connectivity index (χ1v) is 6.90. The second kappa shape index (κ2) is 5.95. The molecule has 1 fully saturated rings. The van der Waals surface area contributed by atoms with E-state index in [0.717, 1.165) is 0 Å². The minimum Gasteiger partial charge on any atom is -0.387 e. The van der Waals surface area contributed by atoms with E-state index in [9.17, 15) is 19.8 Å². The molecule has 2 aromatic heterocycles. The third-order valence-electron chi connectivity index (χ3n) is 3.67. The van der Waals surface area contributed by atoms with Gasteiger partial charge in [-0.05, 0) is 0 Å². The number of nitrogens with one attached hydrogen (secondary N) is 3. The van der Waals surface area contributed by atoms with Crippen molar-refractivity contribution in [2.45, 2.75) is 24.5 Å². The lowest BCUT2D eigenvalue weighted by Crippen LogP contribution is -2.42. The fourth-order valence-corrected chi connectivity index (χ4v) is 2.46. The molecule has 0 aliphatic carbocycles. The molecule has 0 spiro atoms. The maximum atomic E-state index is 11.6. The van der Waals surface area contributed by atoms with Crippen LogP contribution in [0.1, 0.15) is 6.23 Å². The molecule has 0 bridgehead atoms. The molecule has 2 amide bonds. The summed E-state index contributed by atoms with van der Waals surface area (Å²) in [5.41, 5.74) is -0.0887. The second-order valence-electron chi connectivity index (χ2n) is 5.06. The third-order valence-corrected chi connectivity index (χ3v) is 3.67. The van der Waals surface area contributed by atoms with Crippen molar-refractivity contribution in [3.8, 4) is 0 Å². The number of nitrogens with zero attached hydrogens (tertiary/aromatic N) is 3. The number of aliphatic hydroxyl groups excluding tert-OH is 2. The average Bonchev–Trinajstić information content (AvgIpc) is 3.09. The van der Waals surface area contributed by atoms with Gasteiger partial charge in [0.05, 0.1) is 12.7 Å². The van der Waals surface area contributed by atoms with E-state index >= 15 is 0 Å². The van der Waals surface area contributed by atoms with Crippen LogP contribution >= 0.6 is 0 Å². The topological polar surface area (TPSA) is 154 Å². The molecule has 11 heteroatoms. The highest BCUT2D eigenvalue weighted by atomic mass is 16.6. The predicted octanol–water partition coefficient (Wildman–Crippen LogP) is -2.33. The number of ether oxygens (including phenoxy) is 1. The molecule has 0 unspecified atom stereocenters. The number of aromatic nitrogens is 4. The van der Waals surface area contributed by atoms with Crippen molar-refractivity contribution in [1.29, 1.82) is 0 Å². The van der Waals surface area contributed by atoms with E-state index in [1.807, 2.05) is 0 Å². The Bertz CT molecular complexity index is 773. The Morgan fingerprint density at radius 3 is 2.96 bits per heavy atom. The van der Waals surface area contributed by atoms with E-state index in [1.165, 1.54) is 24.3 Å². The molecule has 0 saturated carbocycles. The van der Waals surface area contributed by atoms with E-state index in [1.54, 1.807) is 0 Å². The summed E-state index contributed by atoms with van der Waals surface area (Å²) in [5, 5.41) is 25.1. The highest BCUT2D eigenvalue weighted by molar-refractivity contribution is 5.73. The van der Waals surface area contributed by atoms with Gasteiger partial charge in [0.25, 0.3) is 5.56 Å². The third kappa shape index (κ3) is 2.65. The van der Waals surface area contributed by atoms with Gasteiger partial charge in [-0.3, -0.25) is 9.36 Å². The number of aliphatic hydroxyl groups is 2. The number of amides is 2. The first-order valence-electron chi connectivity index (χ1n) is 6.90. The highest BCUT2D eigenvalue weighted by Gasteiger charge is 2.44. The molecule has 2 aromatic rings. The fourth-order valence-electron chi connectivity index (χ4n) is 2.46. The van der Waals surface area contributed by atoms with Gasteiger partial charge in [0.1, 0.15) is 18.3 Å². The Labute approximate surface area is 129 Å². The molecular weight excluding hydrogens is 308 g/mol. The Hall–Kier alpha value is -2.50. The van der Waals surface area contributed by atoms with Gasteiger partial charge in [0, 0.05) is 13.6 Å². The largest absolute Gasteiger partial charge is 0.387 e. The van der Waals surface area contributed by atoms with Crippen LogP contribution in [0.3, 0.4) is 0 Å². The van der Waals surface area contributed by atoms with Crippen molar-refractivity contribution < 1.29 is 19.7 Å². The molecule has 1 aliphatic rings. The lowest BCUT2D eigenvalue weighted by molar-refractivity contribution is -0.0335. The molecule has 124 valence electrons. The number of hydrogen-bond acceptors (Lipinski definition) is 7. The quantitative estimate of drug-likeness (QED) is 0.424. The molecule has 1 aliphatic heterocycles. The number of urea groups is 1. The smallest absolute Gasteiger partial charge is 0.314 e. The van der Waals surface area contributed by atoms with Crippen LogP contribution in [0.15, 0.2) is 17.4 Å². The van der Waals surface area contributed by atoms with E-state index in [4.69, 9.17) is 4.74 Å². The summed E-state index contributed by atoms with van der Waals surface area (Å²) in [4.78, 5) is 33.2. The summed E-state index contributed by atoms with van der Waals surface area (Å²) in [6.45, 7) is 0.00897. The van der Waals surface area contributed by atoms with E-state index < -0.39 is 36.1 Å². The molecule has 4 atom stereocenters. The van der Waals surface area contributed by atoms with Crippen LogP contribution in [0.5, 0.6) is 0 Å². The van der Waals surface area contributed by atoms with Crippen LogP contribution in [0.2, 0.25) is 0 Å². The highest BCUT2D eigenvalue weighted by Crippen LogP contribution is 2.30. The monoisotopic (exact) mass is 324 g/mol. The summed E-state index contributed by atoms with van der Waals surface area (Å²) < 4.78 is 6.97. The van der Waals surface area contributed by atoms with E-state index in [2.05, 4.69) is 25.6 Å². The zero-order valence-electron chi connectivity index (χ0n) is 12.1. The van der Waals surface area contributed by atoms with Crippen molar-refractivity contribution in [1.82, 2.24) is 30.2 Å². The van der Waals surface area contributed by atoms with Crippen LogP contribution < -0.4 is 16.2 Å². The van der Waals surface area contributed by atoms with Crippen molar-refractivity contribution >= 4 is 17.2 Å². The summed E-state index contributed by atoms with van der Waals surface area (Å²) in [7, 11) is 1.46. The van der Waals surface area contributed by atoms with Crippen LogP contribution in [-0.2, 0) is 4.74 Å². The van der Waals surface area contributed by atoms with Crippen LogP contribution in [0, 0.1) is 0 Å². The normalized spacial score (nSPS) is 27.3. The number of rotatable bonds is 3. The minimum absolute atomic E-state index is 0.00897. The molecule has 0 radical (unpaired) electrons. The molecule has 1 saturated heterocycles. The standard InChI is InChI=1S/C12H16N6O5/c1-13-12(22)14-2-5-7(19)8(20)11(23-5)18-4-17-6-9(18)15-3-16-10(6)21/h3-5,7-8,11,19-20H,2H2,1H3,(H2,13,14,22)(H,15,16,21)/t5-,7-,8-,11-/m1/s1. The van der Waals surface area contributed by atoms with Crippen molar-refractivity contribution in [3.05, 3.63) is 23.0 Å². The summed E-state index contributed by atoms with van der Waals surface area (Å²) >= 11 is 0. The summed E-state index contributed by atoms with van der Waals surface area (Å²) in [5.74, 6) is 0. The number of aromatic amines is 1. The zero-order valence-corrected chi connectivity index (χ0v) is 12.1. The van der Waals surface area contributed by atoms with Gasteiger partial charge in [-0.25, -0.2) is 14.8 Å². The van der Waals surface area contributed by atoms with E-state index in [0.29, 0.717) is 0 Å². The van der Waals surface area contributed by atoms with Gasteiger partial charge in [-0.1, -0.05) is 0 Å². The molecule has 3 rings (SSSR count). The van der Waals surface area contributed by atoms with Gasteiger partial charge in [-0.2, -0.15) is 0 Å².